The van der Waals surface area contributed by atoms with Crippen LogP contribution in [0, 0.1) is 0 Å². The fourth-order valence-corrected chi connectivity index (χ4v) is 5.38. The van der Waals surface area contributed by atoms with E-state index in [4.69, 9.17) is 11.6 Å². The number of halogens is 1. The van der Waals surface area contributed by atoms with Crippen LogP contribution in [-0.2, 0) is 9.84 Å². The van der Waals surface area contributed by atoms with Crippen LogP contribution in [0.2, 0.25) is 5.02 Å². The molecule has 2 aromatic heterocycles. The molecule has 0 aliphatic carbocycles. The van der Waals surface area contributed by atoms with Gasteiger partial charge < -0.3 is 9.47 Å². The van der Waals surface area contributed by atoms with E-state index >= 15 is 0 Å². The van der Waals surface area contributed by atoms with E-state index in [-0.39, 0.29) is 15.8 Å². The third-order valence-electron chi connectivity index (χ3n) is 5.04. The van der Waals surface area contributed by atoms with Crippen molar-refractivity contribution in [2.24, 2.45) is 0 Å². The Morgan fingerprint density at radius 2 is 2.12 bits per heavy atom. The topological polar surface area (TPSA) is 55.2 Å². The van der Waals surface area contributed by atoms with Crippen LogP contribution in [0.4, 0.5) is 0 Å². The van der Waals surface area contributed by atoms with Gasteiger partial charge in [-0.1, -0.05) is 24.6 Å². The van der Waals surface area contributed by atoms with Crippen molar-refractivity contribution < 1.29 is 8.42 Å². The molecule has 0 spiro atoms. The van der Waals surface area contributed by atoms with Gasteiger partial charge in [0.05, 0.1) is 9.79 Å². The summed E-state index contributed by atoms with van der Waals surface area (Å²) in [6, 6.07) is 10.2. The highest BCUT2D eigenvalue weighted by molar-refractivity contribution is 7.91. The number of likely N-dealkylation sites (N-methyl/N-ethyl adjacent to an activating group) is 1. The molecule has 0 bridgehead atoms. The van der Waals surface area contributed by atoms with Crippen molar-refractivity contribution in [2.75, 3.05) is 19.6 Å². The summed E-state index contributed by atoms with van der Waals surface area (Å²) in [5.41, 5.74) is 0.719. The van der Waals surface area contributed by atoms with Gasteiger partial charge in [-0.15, -0.1) is 0 Å². The Hall–Kier alpha value is -1.89. The summed E-state index contributed by atoms with van der Waals surface area (Å²) in [7, 11) is -3.67. The van der Waals surface area contributed by atoms with E-state index in [0.29, 0.717) is 10.4 Å². The van der Waals surface area contributed by atoms with Gasteiger partial charge in [0.1, 0.15) is 5.65 Å². The smallest absolute Gasteiger partial charge is 0.208 e. The number of hydrogen-bond donors (Lipinski definition) is 0. The van der Waals surface area contributed by atoms with Crippen LogP contribution in [0.3, 0.4) is 0 Å². The zero-order chi connectivity index (χ0) is 18.3. The lowest BCUT2D eigenvalue weighted by molar-refractivity contribution is 0.342. The molecule has 3 aromatic rings. The van der Waals surface area contributed by atoms with Gasteiger partial charge in [0.2, 0.25) is 9.84 Å². The molecule has 0 amide bonds. The number of benzene rings is 1. The molecule has 0 saturated carbocycles. The minimum atomic E-state index is -3.67. The summed E-state index contributed by atoms with van der Waals surface area (Å²) in [6.45, 7) is 5.07. The van der Waals surface area contributed by atoms with Gasteiger partial charge in [-0.3, -0.25) is 0 Å². The summed E-state index contributed by atoms with van der Waals surface area (Å²) >= 11 is 6.01. The third kappa shape index (κ3) is 2.92. The monoisotopic (exact) mass is 389 g/mol. The second kappa shape index (κ2) is 6.68. The van der Waals surface area contributed by atoms with Gasteiger partial charge in [-0.05, 0) is 43.3 Å². The van der Waals surface area contributed by atoms with Crippen molar-refractivity contribution in [3.8, 4) is 0 Å². The number of rotatable bonds is 4. The number of fused-ring (bicyclic) bond motifs is 1. The molecule has 1 unspecified atom stereocenters. The number of hydrogen-bond acceptors (Lipinski definition) is 4. The number of nitrogens with zero attached hydrogens (tertiary/aromatic N) is 3. The van der Waals surface area contributed by atoms with E-state index in [2.05, 4.69) is 16.8 Å². The molecule has 0 N–H and O–H groups in total. The highest BCUT2D eigenvalue weighted by atomic mass is 35.5. The molecule has 1 atom stereocenters. The van der Waals surface area contributed by atoms with E-state index in [1.807, 2.05) is 10.6 Å². The Bertz CT molecular complexity index is 1060. The third-order valence-corrected chi connectivity index (χ3v) is 7.05. The molecule has 1 aliphatic rings. The molecule has 1 fully saturated rings. The Kier molecular flexibility index (Phi) is 4.50. The Morgan fingerprint density at radius 3 is 2.85 bits per heavy atom. The van der Waals surface area contributed by atoms with Crippen molar-refractivity contribution in [1.29, 1.82) is 0 Å². The number of likely N-dealkylation sites (tertiary alicyclic amines) is 1. The Morgan fingerprint density at radius 1 is 1.27 bits per heavy atom. The van der Waals surface area contributed by atoms with E-state index in [9.17, 15) is 8.42 Å². The molecule has 3 heterocycles. The van der Waals surface area contributed by atoms with Gasteiger partial charge >= 0.3 is 0 Å². The van der Waals surface area contributed by atoms with Crippen LogP contribution in [0.5, 0.6) is 0 Å². The Balaban J connectivity index is 1.86. The highest BCUT2D eigenvalue weighted by Gasteiger charge is 2.29. The molecule has 4 rings (SSSR count). The number of aromatic nitrogens is 2. The molecule has 7 heteroatoms. The van der Waals surface area contributed by atoms with Gasteiger partial charge in [-0.25, -0.2) is 13.4 Å². The van der Waals surface area contributed by atoms with Gasteiger partial charge in [0.25, 0.3) is 0 Å². The molecular formula is C19H20ClN3O2S. The van der Waals surface area contributed by atoms with E-state index in [1.54, 1.807) is 36.7 Å². The van der Waals surface area contributed by atoms with Crippen molar-refractivity contribution in [1.82, 2.24) is 14.5 Å². The first-order valence-electron chi connectivity index (χ1n) is 8.69. The lowest BCUT2D eigenvalue weighted by atomic mass is 10.2. The second-order valence-electron chi connectivity index (χ2n) is 6.57. The number of sulfone groups is 1. The van der Waals surface area contributed by atoms with E-state index < -0.39 is 9.84 Å². The van der Waals surface area contributed by atoms with Crippen LogP contribution >= 0.6 is 11.6 Å². The predicted molar refractivity (Wildman–Crippen MR) is 102 cm³/mol. The largest absolute Gasteiger partial charge is 0.327 e. The number of pyridine rings is 1. The summed E-state index contributed by atoms with van der Waals surface area (Å²) in [5, 5.41) is 1.06. The lowest BCUT2D eigenvalue weighted by Crippen LogP contribution is -2.20. The van der Waals surface area contributed by atoms with Crippen molar-refractivity contribution in [3.63, 3.8) is 0 Å². The lowest BCUT2D eigenvalue weighted by Gasteiger charge is -2.15. The first-order valence-corrected chi connectivity index (χ1v) is 10.6. The fraction of sp³-hybridized carbons (Fsp3) is 0.316. The SMILES string of the molecule is CCN1CCC(n2cc(S(=O)(=O)c3cccc(Cl)c3)c3cccnc32)C1. The standard InChI is InChI=1S/C19H20ClN3O2S/c1-2-22-10-8-15(12-22)23-13-18(17-7-4-9-21-19(17)23)26(24,25)16-6-3-5-14(20)11-16/h3-7,9,11,13,15H,2,8,10,12H2,1H3. The van der Waals surface area contributed by atoms with Crippen molar-refractivity contribution in [2.45, 2.75) is 29.2 Å². The summed E-state index contributed by atoms with van der Waals surface area (Å²) in [5.74, 6) is 0. The first-order chi connectivity index (χ1) is 12.5. The normalized spacial score (nSPS) is 18.6. The zero-order valence-corrected chi connectivity index (χ0v) is 16.0. The van der Waals surface area contributed by atoms with E-state index in [1.165, 1.54) is 6.07 Å². The Labute approximate surface area is 158 Å². The molecule has 26 heavy (non-hydrogen) atoms. The maximum Gasteiger partial charge on any atom is 0.208 e. The van der Waals surface area contributed by atoms with Crippen LogP contribution in [0.15, 0.2) is 58.6 Å². The molecule has 1 saturated heterocycles. The molecular weight excluding hydrogens is 370 g/mol. The quantitative estimate of drug-likeness (QED) is 0.681. The van der Waals surface area contributed by atoms with Gasteiger partial charge in [-0.2, -0.15) is 0 Å². The molecule has 5 nitrogen and oxygen atoms in total. The molecule has 1 aromatic carbocycles. The van der Waals surface area contributed by atoms with Crippen molar-refractivity contribution in [3.05, 3.63) is 53.8 Å². The van der Waals surface area contributed by atoms with Crippen LogP contribution in [0.1, 0.15) is 19.4 Å². The molecule has 1 aliphatic heterocycles. The van der Waals surface area contributed by atoms with Gasteiger partial charge in [0, 0.05) is 41.9 Å². The van der Waals surface area contributed by atoms with Crippen LogP contribution in [-0.4, -0.2) is 42.5 Å². The maximum absolute atomic E-state index is 13.2. The molecule has 0 radical (unpaired) electrons. The van der Waals surface area contributed by atoms with Crippen molar-refractivity contribution >= 4 is 32.5 Å². The minimum absolute atomic E-state index is 0.203. The average Bonchev–Trinajstić information content (AvgIpc) is 3.26. The first kappa shape index (κ1) is 17.5. The average molecular weight is 390 g/mol. The van der Waals surface area contributed by atoms with E-state index in [0.717, 1.165) is 31.7 Å². The zero-order valence-electron chi connectivity index (χ0n) is 14.5. The second-order valence-corrected chi connectivity index (χ2v) is 8.93. The summed E-state index contributed by atoms with van der Waals surface area (Å²) in [6.07, 6.45) is 4.45. The fourth-order valence-electron chi connectivity index (χ4n) is 3.63. The maximum atomic E-state index is 13.2. The van der Waals surface area contributed by atoms with Crippen LogP contribution < -0.4 is 0 Å². The van der Waals surface area contributed by atoms with Gasteiger partial charge in [0.15, 0.2) is 0 Å². The highest BCUT2D eigenvalue weighted by Crippen LogP contribution is 2.34. The molecule has 136 valence electrons. The predicted octanol–water partition coefficient (Wildman–Crippen LogP) is 3.79. The summed E-state index contributed by atoms with van der Waals surface area (Å²) in [4.78, 5) is 7.33. The minimum Gasteiger partial charge on any atom is -0.327 e. The summed E-state index contributed by atoms with van der Waals surface area (Å²) < 4.78 is 28.5. The van der Waals surface area contributed by atoms with Crippen LogP contribution in [0.25, 0.3) is 11.0 Å².